The summed E-state index contributed by atoms with van der Waals surface area (Å²) in [6.45, 7) is 0.644. The molecule has 1 N–H and O–H groups in total. The van der Waals surface area contributed by atoms with Crippen LogP contribution >= 0.6 is 0 Å². The first-order chi connectivity index (χ1) is 24.3. The van der Waals surface area contributed by atoms with Gasteiger partial charge < -0.3 is 34.2 Å². The average molecular weight is 700 g/mol. The van der Waals surface area contributed by atoms with Gasteiger partial charge in [-0.3, -0.25) is 14.2 Å². The second-order valence-electron chi connectivity index (χ2n) is 12.5. The third-order valence-electron chi connectivity index (χ3n) is 9.47. The molecule has 3 aromatic carbocycles. The van der Waals surface area contributed by atoms with Crippen LogP contribution in [0, 0.1) is 5.21 Å². The number of aromatic amines is 1. The van der Waals surface area contributed by atoms with Crippen LogP contribution in [0.4, 0.5) is 0 Å². The topological polar surface area (TPSA) is 171 Å². The molecule has 5 heterocycles. The van der Waals surface area contributed by atoms with Gasteiger partial charge in [-0.25, -0.2) is 8.42 Å². The molecule has 0 unspecified atom stereocenters. The summed E-state index contributed by atoms with van der Waals surface area (Å²) in [4.78, 5) is 34.6. The van der Waals surface area contributed by atoms with Crippen LogP contribution < -0.4 is 19.1 Å². The van der Waals surface area contributed by atoms with E-state index in [1.807, 2.05) is 42.5 Å². The Kier molecular flexibility index (Phi) is 8.05. The predicted octanol–water partition coefficient (Wildman–Crippen LogP) is 3.68. The van der Waals surface area contributed by atoms with Gasteiger partial charge in [-0.1, -0.05) is 48.9 Å². The Bertz CT molecular complexity index is 2200. The van der Waals surface area contributed by atoms with E-state index in [-0.39, 0.29) is 41.6 Å². The third kappa shape index (κ3) is 5.47. The summed E-state index contributed by atoms with van der Waals surface area (Å²) in [5.74, 6) is 0.651. The molecular weight excluding hydrogens is 666 g/mol. The van der Waals surface area contributed by atoms with Crippen molar-refractivity contribution < 1.29 is 41.7 Å². The molecular formula is C35H33N5O9S. The lowest BCUT2D eigenvalue weighted by atomic mass is 9.86. The molecule has 0 bridgehead atoms. The average Bonchev–Trinajstić information content (AvgIpc) is 3.86. The molecule has 5 aromatic rings. The molecule has 2 atom stereocenters. The fraction of sp³-hybridized carbons (Fsp3) is 0.314. The number of benzene rings is 3. The minimum atomic E-state index is -4.20. The maximum Gasteiger partial charge on any atom is 0.414 e. The van der Waals surface area contributed by atoms with Gasteiger partial charge in [0.15, 0.2) is 11.5 Å². The van der Waals surface area contributed by atoms with Crippen molar-refractivity contribution in [2.45, 2.75) is 54.1 Å². The van der Waals surface area contributed by atoms with Crippen LogP contribution in [0.1, 0.15) is 48.5 Å². The maximum absolute atomic E-state index is 14.0. The first-order valence-corrected chi connectivity index (χ1v) is 17.9. The zero-order valence-corrected chi connectivity index (χ0v) is 27.6. The number of ether oxygens (including phenoxy) is 3. The number of amides is 2. The van der Waals surface area contributed by atoms with E-state index in [0.717, 1.165) is 34.1 Å². The largest absolute Gasteiger partial charge is 0.454 e. The molecule has 8 rings (SSSR count). The van der Waals surface area contributed by atoms with Crippen LogP contribution in [0.25, 0.3) is 10.9 Å². The molecule has 0 aliphatic carbocycles. The van der Waals surface area contributed by atoms with Crippen molar-refractivity contribution in [3.8, 4) is 17.4 Å². The lowest BCUT2D eigenvalue weighted by Gasteiger charge is -2.47. The van der Waals surface area contributed by atoms with Crippen molar-refractivity contribution in [1.29, 1.82) is 0 Å². The predicted molar refractivity (Wildman–Crippen MR) is 175 cm³/mol. The number of hydrogen-bond acceptors (Lipinski definition) is 10. The number of unbranched alkanes of at least 4 members (excludes halogenated alkanes) is 3. The molecule has 0 spiro atoms. The quantitative estimate of drug-likeness (QED) is 0.158. The van der Waals surface area contributed by atoms with E-state index in [9.17, 15) is 23.2 Å². The fourth-order valence-corrected chi connectivity index (χ4v) is 8.40. The number of carbonyl (C=O) groups is 2. The summed E-state index contributed by atoms with van der Waals surface area (Å²) in [7, 11) is -4.20. The van der Waals surface area contributed by atoms with Crippen LogP contribution in [0.5, 0.6) is 17.4 Å². The maximum atomic E-state index is 14.0. The first kappa shape index (κ1) is 31.7. The van der Waals surface area contributed by atoms with E-state index in [2.05, 4.69) is 14.8 Å². The van der Waals surface area contributed by atoms with Gasteiger partial charge in [0.05, 0.1) is 29.2 Å². The Morgan fingerprint density at radius 2 is 1.74 bits per heavy atom. The van der Waals surface area contributed by atoms with Crippen LogP contribution in [0.15, 0.2) is 87.3 Å². The number of piperazine rings is 1. The van der Waals surface area contributed by atoms with Crippen molar-refractivity contribution in [3.05, 3.63) is 94.8 Å². The molecule has 14 nitrogen and oxygen atoms in total. The summed E-state index contributed by atoms with van der Waals surface area (Å²) >= 11 is 0. The van der Waals surface area contributed by atoms with E-state index in [4.69, 9.17) is 14.2 Å². The van der Waals surface area contributed by atoms with E-state index in [1.165, 1.54) is 12.1 Å². The van der Waals surface area contributed by atoms with Crippen molar-refractivity contribution in [2.24, 2.45) is 0 Å². The molecule has 258 valence electrons. The highest BCUT2D eigenvalue weighted by atomic mass is 32.2. The molecule has 15 heteroatoms. The van der Waals surface area contributed by atoms with E-state index in [1.54, 1.807) is 28.0 Å². The molecule has 1 saturated heterocycles. The Labute approximate surface area is 286 Å². The number of hydrogen-bond donors (Lipinski definition) is 1. The van der Waals surface area contributed by atoms with Gasteiger partial charge in [0.2, 0.25) is 18.6 Å². The van der Waals surface area contributed by atoms with E-state index in [0.29, 0.717) is 43.7 Å². The van der Waals surface area contributed by atoms with Gasteiger partial charge in [-0.15, -0.1) is 0 Å². The number of carbonyl (C=O) groups excluding carboxylic acids is 2. The zero-order valence-electron chi connectivity index (χ0n) is 26.8. The number of nitrogens with zero attached hydrogens (tertiary/aromatic N) is 4. The minimum absolute atomic E-state index is 0.0188. The second-order valence-corrected chi connectivity index (χ2v) is 14.3. The SMILES string of the molecule is O=C1[C@H]2Cc3c([nH]c4ccccc34)[C@@H](c3ccc4c(c3)OCO4)N2C(=O)CN1CCCCCCOc1no[n+]([O-])c1S(=O)(=O)c1ccccc1. The Morgan fingerprint density at radius 3 is 2.60 bits per heavy atom. The summed E-state index contributed by atoms with van der Waals surface area (Å²) in [6.07, 6.45) is 3.05. The standard InChI is InChI=1S/C35H33N5O9S/c41-30-20-38(16-8-1-2-9-17-46-33-35(40(43)49-37-33)50(44,45)23-10-4-3-5-11-23)34(42)27-19-25-24-12-6-7-13-26(24)36-31(25)32(39(27)30)22-14-15-28-29(18-22)48-21-47-28/h3-7,10-15,18,27,32,36H,1-2,8-9,16-17,19-21H2/t27-,32-/m1/s1. The van der Waals surface area contributed by atoms with Gasteiger partial charge in [0.1, 0.15) is 6.04 Å². The summed E-state index contributed by atoms with van der Waals surface area (Å²) in [5, 5.41) is 15.9. The van der Waals surface area contributed by atoms with Gasteiger partial charge in [0.25, 0.3) is 9.84 Å². The van der Waals surface area contributed by atoms with Gasteiger partial charge in [-0.05, 0) is 65.6 Å². The number of H-pyrrole nitrogens is 1. The summed E-state index contributed by atoms with van der Waals surface area (Å²) in [6, 6.07) is 20.0. The number of sulfone groups is 1. The second kappa shape index (κ2) is 12.7. The molecule has 0 saturated carbocycles. The van der Waals surface area contributed by atoms with Gasteiger partial charge in [0, 0.05) is 29.6 Å². The summed E-state index contributed by atoms with van der Waals surface area (Å²) < 4.78 is 47.2. The molecule has 1 fully saturated rings. The Balaban J connectivity index is 0.910. The zero-order chi connectivity index (χ0) is 34.4. The lowest BCUT2D eigenvalue weighted by molar-refractivity contribution is -0.832. The Morgan fingerprint density at radius 1 is 0.960 bits per heavy atom. The number of nitrogens with one attached hydrogen (secondary N) is 1. The van der Waals surface area contributed by atoms with Crippen LogP contribution in [-0.4, -0.2) is 72.7 Å². The van der Waals surface area contributed by atoms with Gasteiger partial charge in [-0.2, -0.15) is 0 Å². The number of para-hydroxylation sites is 1. The van der Waals surface area contributed by atoms with E-state index >= 15 is 0 Å². The molecule has 2 aromatic heterocycles. The highest BCUT2D eigenvalue weighted by Gasteiger charge is 2.48. The fourth-order valence-electron chi connectivity index (χ4n) is 7.11. The normalized spacial score (nSPS) is 18.4. The minimum Gasteiger partial charge on any atom is -0.454 e. The van der Waals surface area contributed by atoms with Gasteiger partial charge >= 0.3 is 10.9 Å². The van der Waals surface area contributed by atoms with Crippen LogP contribution in [0.3, 0.4) is 0 Å². The monoisotopic (exact) mass is 699 g/mol. The molecule has 2 amide bonds. The molecule has 3 aliphatic heterocycles. The highest BCUT2D eigenvalue weighted by molar-refractivity contribution is 7.91. The van der Waals surface area contributed by atoms with Crippen molar-refractivity contribution >= 4 is 32.6 Å². The van der Waals surface area contributed by atoms with Crippen molar-refractivity contribution in [3.63, 3.8) is 0 Å². The van der Waals surface area contributed by atoms with Crippen molar-refractivity contribution in [2.75, 3.05) is 26.5 Å². The highest BCUT2D eigenvalue weighted by Crippen LogP contribution is 2.45. The lowest BCUT2D eigenvalue weighted by Crippen LogP contribution is -2.63. The summed E-state index contributed by atoms with van der Waals surface area (Å²) in [5.41, 5.74) is 3.72. The molecule has 50 heavy (non-hydrogen) atoms. The first-order valence-electron chi connectivity index (χ1n) is 16.4. The molecule has 3 aliphatic rings. The number of aromatic nitrogens is 3. The molecule has 0 radical (unpaired) electrons. The third-order valence-corrected chi connectivity index (χ3v) is 11.2. The Hall–Kier alpha value is -5.57. The van der Waals surface area contributed by atoms with Crippen LogP contribution in [0.2, 0.25) is 0 Å². The smallest absolute Gasteiger partial charge is 0.414 e. The van der Waals surface area contributed by atoms with Crippen molar-refractivity contribution in [1.82, 2.24) is 19.9 Å². The van der Waals surface area contributed by atoms with Crippen LogP contribution in [-0.2, 0) is 25.8 Å². The van der Waals surface area contributed by atoms with E-state index < -0.39 is 32.8 Å². The number of rotatable bonds is 11. The number of fused-ring (bicyclic) bond motifs is 5.